The Hall–Kier alpha value is 0.1000. The number of hydrogen-bond donors (Lipinski definition) is 1. The summed E-state index contributed by atoms with van der Waals surface area (Å²) in [7, 11) is 2.22. The molecule has 1 fully saturated rings. The maximum atomic E-state index is 9.50. The maximum absolute atomic E-state index is 9.50. The van der Waals surface area contributed by atoms with Crippen molar-refractivity contribution in [2.45, 2.75) is 38.2 Å². The van der Waals surface area contributed by atoms with Crippen molar-refractivity contribution in [3.05, 3.63) is 20.8 Å². The van der Waals surface area contributed by atoms with Gasteiger partial charge in [-0.2, -0.15) is 0 Å². The molecule has 0 saturated heterocycles. The van der Waals surface area contributed by atoms with Crippen molar-refractivity contribution in [2.24, 2.45) is 5.92 Å². The van der Waals surface area contributed by atoms with Crippen molar-refractivity contribution >= 4 is 27.3 Å². The van der Waals surface area contributed by atoms with Gasteiger partial charge in [0.15, 0.2) is 0 Å². The van der Waals surface area contributed by atoms with Crippen LogP contribution in [0.4, 0.5) is 0 Å². The quantitative estimate of drug-likeness (QED) is 0.892. The molecule has 1 N–H and O–H groups in total. The summed E-state index contributed by atoms with van der Waals surface area (Å²) in [6.07, 6.45) is 5.48. The molecule has 0 atom stereocenters. The molecule has 0 radical (unpaired) electrons. The summed E-state index contributed by atoms with van der Waals surface area (Å²) in [4.78, 5) is 3.89. The van der Waals surface area contributed by atoms with E-state index in [1.165, 1.54) is 28.0 Å². The molecule has 0 unspecified atom stereocenters. The molecule has 0 spiro atoms. The molecule has 4 heteroatoms. The van der Waals surface area contributed by atoms with Crippen molar-refractivity contribution in [3.8, 4) is 0 Å². The molecule has 1 aromatic heterocycles. The van der Waals surface area contributed by atoms with Crippen LogP contribution in [0, 0.1) is 5.92 Å². The van der Waals surface area contributed by atoms with Gasteiger partial charge in [-0.3, -0.25) is 0 Å². The number of aliphatic hydroxyl groups is 1. The summed E-state index contributed by atoms with van der Waals surface area (Å²) in [6, 6.07) is 4.34. The van der Waals surface area contributed by atoms with Gasteiger partial charge in [0.05, 0.1) is 9.89 Å². The van der Waals surface area contributed by atoms with Gasteiger partial charge in [-0.15, -0.1) is 11.3 Å². The summed E-state index contributed by atoms with van der Waals surface area (Å²) >= 11 is 5.34. The first-order chi connectivity index (χ1) is 8.63. The fourth-order valence-electron chi connectivity index (χ4n) is 2.65. The van der Waals surface area contributed by atoms with Gasteiger partial charge in [-0.05, 0) is 73.1 Å². The highest BCUT2D eigenvalue weighted by atomic mass is 79.9. The van der Waals surface area contributed by atoms with Crippen LogP contribution in [0.3, 0.4) is 0 Å². The summed E-state index contributed by atoms with van der Waals surface area (Å²) in [5.74, 6) is 0.786. The zero-order valence-electron chi connectivity index (χ0n) is 10.9. The van der Waals surface area contributed by atoms with Gasteiger partial charge in [0.2, 0.25) is 0 Å². The molecule has 1 heterocycles. The highest BCUT2D eigenvalue weighted by Gasteiger charge is 2.20. The maximum Gasteiger partial charge on any atom is 0.0701 e. The Kier molecular flexibility index (Phi) is 5.67. The number of thiophene rings is 1. The van der Waals surface area contributed by atoms with Crippen molar-refractivity contribution < 1.29 is 5.11 Å². The number of likely N-dealkylation sites (N-methyl/N-ethyl adjacent to an activating group) is 1. The Morgan fingerprint density at radius 2 is 2.06 bits per heavy atom. The van der Waals surface area contributed by atoms with Crippen molar-refractivity contribution in [1.82, 2.24) is 4.90 Å². The third-order valence-electron chi connectivity index (χ3n) is 3.75. The lowest BCUT2D eigenvalue weighted by atomic mass is 9.87. The van der Waals surface area contributed by atoms with Gasteiger partial charge >= 0.3 is 0 Å². The molecule has 102 valence electrons. The molecule has 1 aromatic rings. The van der Waals surface area contributed by atoms with E-state index in [9.17, 15) is 5.11 Å². The highest BCUT2D eigenvalue weighted by Crippen LogP contribution is 2.25. The van der Waals surface area contributed by atoms with E-state index in [2.05, 4.69) is 40.0 Å². The predicted octanol–water partition coefficient (Wildman–Crippen LogP) is 3.54. The Balaban J connectivity index is 1.67. The second-order valence-electron chi connectivity index (χ2n) is 5.39. The first-order valence-corrected chi connectivity index (χ1v) is 8.35. The molecule has 2 rings (SSSR count). The first-order valence-electron chi connectivity index (χ1n) is 6.74. The van der Waals surface area contributed by atoms with Crippen LogP contribution < -0.4 is 0 Å². The average molecular weight is 332 g/mol. The van der Waals surface area contributed by atoms with Gasteiger partial charge in [-0.25, -0.2) is 0 Å². The smallest absolute Gasteiger partial charge is 0.0701 e. The molecule has 1 saturated carbocycles. The largest absolute Gasteiger partial charge is 0.393 e. The van der Waals surface area contributed by atoms with E-state index < -0.39 is 0 Å². The molecule has 1 aliphatic rings. The fraction of sp³-hybridized carbons (Fsp3) is 0.714. The van der Waals surface area contributed by atoms with E-state index >= 15 is 0 Å². The standard InChI is InChI=1S/C14H22BrNOS/c1-16(9-8-13-6-7-14(15)18-13)10-11-2-4-12(17)5-3-11/h6-7,11-12,17H,2-5,8-10H2,1H3. The number of hydrogen-bond acceptors (Lipinski definition) is 3. The second kappa shape index (κ2) is 7.04. The van der Waals surface area contributed by atoms with Crippen LogP contribution in [0.1, 0.15) is 30.6 Å². The van der Waals surface area contributed by atoms with Gasteiger partial charge in [0, 0.05) is 18.0 Å². The van der Waals surface area contributed by atoms with E-state index in [4.69, 9.17) is 0 Å². The highest BCUT2D eigenvalue weighted by molar-refractivity contribution is 9.11. The van der Waals surface area contributed by atoms with E-state index in [0.717, 1.165) is 31.7 Å². The topological polar surface area (TPSA) is 23.5 Å². The molecule has 2 nitrogen and oxygen atoms in total. The Labute approximate surface area is 122 Å². The normalized spacial score (nSPS) is 24.7. The van der Waals surface area contributed by atoms with Crippen molar-refractivity contribution in [2.75, 3.05) is 20.1 Å². The Morgan fingerprint density at radius 1 is 1.33 bits per heavy atom. The van der Waals surface area contributed by atoms with Gasteiger partial charge in [-0.1, -0.05) is 0 Å². The second-order valence-corrected chi connectivity index (χ2v) is 7.94. The van der Waals surface area contributed by atoms with E-state index in [0.29, 0.717) is 0 Å². The summed E-state index contributed by atoms with van der Waals surface area (Å²) in [6.45, 7) is 2.31. The molecule has 1 aliphatic carbocycles. The third kappa shape index (κ3) is 4.65. The minimum Gasteiger partial charge on any atom is -0.393 e. The molecule has 18 heavy (non-hydrogen) atoms. The minimum absolute atomic E-state index is 0.0324. The molecule has 0 amide bonds. The monoisotopic (exact) mass is 331 g/mol. The number of halogens is 1. The van der Waals surface area contributed by atoms with Crippen LogP contribution in [0.15, 0.2) is 15.9 Å². The molecule has 0 aromatic carbocycles. The lowest BCUT2D eigenvalue weighted by Gasteiger charge is -2.29. The predicted molar refractivity (Wildman–Crippen MR) is 81.2 cm³/mol. The molecular formula is C14H22BrNOS. The summed E-state index contributed by atoms with van der Waals surface area (Å²) in [5.41, 5.74) is 0. The Bertz CT molecular complexity index is 360. The van der Waals surface area contributed by atoms with Crippen LogP contribution in [0.25, 0.3) is 0 Å². The van der Waals surface area contributed by atoms with Crippen LogP contribution in [0.2, 0.25) is 0 Å². The summed E-state index contributed by atoms with van der Waals surface area (Å²) in [5, 5.41) is 9.50. The van der Waals surface area contributed by atoms with Gasteiger partial charge in [0.25, 0.3) is 0 Å². The van der Waals surface area contributed by atoms with E-state index in [1.54, 1.807) is 0 Å². The minimum atomic E-state index is -0.0324. The first kappa shape index (κ1) is 14.5. The van der Waals surface area contributed by atoms with E-state index in [-0.39, 0.29) is 6.10 Å². The van der Waals surface area contributed by atoms with Crippen molar-refractivity contribution in [3.63, 3.8) is 0 Å². The van der Waals surface area contributed by atoms with E-state index in [1.807, 2.05) is 11.3 Å². The van der Waals surface area contributed by atoms with Crippen LogP contribution in [-0.4, -0.2) is 36.2 Å². The van der Waals surface area contributed by atoms with Crippen LogP contribution in [-0.2, 0) is 6.42 Å². The summed E-state index contributed by atoms with van der Waals surface area (Å²) < 4.78 is 1.22. The zero-order chi connectivity index (χ0) is 13.0. The zero-order valence-corrected chi connectivity index (χ0v) is 13.3. The number of aliphatic hydroxyl groups excluding tert-OH is 1. The van der Waals surface area contributed by atoms with Crippen molar-refractivity contribution in [1.29, 1.82) is 0 Å². The molecule has 0 aliphatic heterocycles. The van der Waals surface area contributed by atoms with Crippen LogP contribution in [0.5, 0.6) is 0 Å². The van der Waals surface area contributed by atoms with Crippen LogP contribution >= 0.6 is 27.3 Å². The third-order valence-corrected chi connectivity index (χ3v) is 5.44. The average Bonchev–Trinajstić information content (AvgIpc) is 2.76. The van der Waals surface area contributed by atoms with Gasteiger partial charge < -0.3 is 10.0 Å². The molecular weight excluding hydrogens is 310 g/mol. The van der Waals surface area contributed by atoms with Gasteiger partial charge in [0.1, 0.15) is 0 Å². The lowest BCUT2D eigenvalue weighted by molar-refractivity contribution is 0.0978. The Morgan fingerprint density at radius 3 is 2.67 bits per heavy atom. The fourth-order valence-corrected chi connectivity index (χ4v) is 4.12. The molecule has 0 bridgehead atoms. The number of nitrogens with zero attached hydrogens (tertiary/aromatic N) is 1. The SMILES string of the molecule is CN(CCc1ccc(Br)s1)CC1CCC(O)CC1. The lowest BCUT2D eigenvalue weighted by Crippen LogP contribution is -2.30. The number of rotatable bonds is 5.